The Bertz CT molecular complexity index is 404. The van der Waals surface area contributed by atoms with Gasteiger partial charge >= 0.3 is 0 Å². The molecule has 0 aliphatic heterocycles. The van der Waals surface area contributed by atoms with E-state index in [4.69, 9.17) is 5.73 Å². The third-order valence-corrected chi connectivity index (χ3v) is 5.22. The molecule has 0 spiro atoms. The van der Waals surface area contributed by atoms with E-state index in [1.807, 2.05) is 12.4 Å². The molecule has 1 fully saturated rings. The van der Waals surface area contributed by atoms with Gasteiger partial charge in [0.1, 0.15) is 5.82 Å². The molecule has 1 heterocycles. The van der Waals surface area contributed by atoms with Gasteiger partial charge in [-0.1, -0.05) is 19.8 Å². The van der Waals surface area contributed by atoms with Crippen molar-refractivity contribution in [3.8, 4) is 0 Å². The van der Waals surface area contributed by atoms with E-state index in [9.17, 15) is 0 Å². The largest absolute Gasteiger partial charge is 0.337 e. The highest BCUT2D eigenvalue weighted by atomic mass is 15.2. The van der Waals surface area contributed by atoms with E-state index in [1.165, 1.54) is 38.5 Å². The summed E-state index contributed by atoms with van der Waals surface area (Å²) in [6.45, 7) is 3.93. The number of hydrogen-bond acceptors (Lipinski definition) is 3. The summed E-state index contributed by atoms with van der Waals surface area (Å²) in [5, 5.41) is 0. The first-order valence-corrected chi connectivity index (χ1v) is 7.99. The van der Waals surface area contributed by atoms with Crippen molar-refractivity contribution in [2.75, 3.05) is 13.6 Å². The minimum Gasteiger partial charge on any atom is -0.337 e. The predicted molar refractivity (Wildman–Crippen MR) is 83.3 cm³/mol. The van der Waals surface area contributed by atoms with E-state index < -0.39 is 0 Å². The predicted octanol–water partition coefficient (Wildman–Crippen LogP) is 2.54. The van der Waals surface area contributed by atoms with Crippen LogP contribution in [0.1, 0.15) is 51.3 Å². The number of nitrogens with zero attached hydrogens (tertiary/aromatic N) is 3. The van der Waals surface area contributed by atoms with Crippen LogP contribution >= 0.6 is 0 Å². The maximum atomic E-state index is 6.16. The van der Waals surface area contributed by atoms with Gasteiger partial charge in [-0.15, -0.1) is 0 Å². The fourth-order valence-electron chi connectivity index (χ4n) is 3.58. The molecule has 4 heteroatoms. The average Bonchev–Trinajstić information content (AvgIpc) is 2.86. The first-order chi connectivity index (χ1) is 9.61. The van der Waals surface area contributed by atoms with Crippen LogP contribution in [0, 0.1) is 5.92 Å². The molecule has 1 aromatic heterocycles. The lowest BCUT2D eigenvalue weighted by molar-refractivity contribution is 0.0543. The second-order valence-corrected chi connectivity index (χ2v) is 6.47. The normalized spacial score (nSPS) is 27.1. The van der Waals surface area contributed by atoms with E-state index in [0.717, 1.165) is 24.8 Å². The van der Waals surface area contributed by atoms with Crippen molar-refractivity contribution in [3.05, 3.63) is 18.2 Å². The number of aromatic nitrogens is 2. The number of rotatable bonds is 6. The number of aryl methyl sites for hydroxylation is 1. The number of nitrogens with two attached hydrogens (primary N) is 1. The van der Waals surface area contributed by atoms with Gasteiger partial charge in [0.05, 0.1) is 6.54 Å². The molecule has 0 saturated heterocycles. The van der Waals surface area contributed by atoms with Crippen LogP contribution in [0.5, 0.6) is 0 Å². The Balaban J connectivity index is 1.99. The topological polar surface area (TPSA) is 47.1 Å². The van der Waals surface area contributed by atoms with Crippen LogP contribution in [0.2, 0.25) is 0 Å². The lowest BCUT2D eigenvalue weighted by Gasteiger charge is -2.46. The molecule has 0 radical (unpaired) electrons. The van der Waals surface area contributed by atoms with Gasteiger partial charge in [-0.2, -0.15) is 0 Å². The van der Waals surface area contributed by atoms with Gasteiger partial charge in [-0.3, -0.25) is 4.90 Å². The third kappa shape index (κ3) is 3.23. The summed E-state index contributed by atoms with van der Waals surface area (Å²) < 4.78 is 2.10. The maximum absolute atomic E-state index is 6.16. The summed E-state index contributed by atoms with van der Waals surface area (Å²) in [6, 6.07) is 0. The lowest BCUT2D eigenvalue weighted by atomic mass is 9.74. The number of likely N-dealkylation sites (N-methyl/N-ethyl adjacent to an activating group) is 1. The highest BCUT2D eigenvalue weighted by Crippen LogP contribution is 2.37. The summed E-state index contributed by atoms with van der Waals surface area (Å²) in [4.78, 5) is 6.88. The Morgan fingerprint density at radius 1 is 1.45 bits per heavy atom. The molecule has 4 nitrogen and oxygen atoms in total. The summed E-state index contributed by atoms with van der Waals surface area (Å²) in [5.74, 6) is 2.04. The highest BCUT2D eigenvalue weighted by Gasteiger charge is 2.37. The van der Waals surface area contributed by atoms with Crippen LogP contribution < -0.4 is 5.73 Å². The molecule has 1 aromatic rings. The number of imidazole rings is 1. The van der Waals surface area contributed by atoms with Gasteiger partial charge in [0.2, 0.25) is 0 Å². The Morgan fingerprint density at radius 3 is 2.65 bits per heavy atom. The van der Waals surface area contributed by atoms with E-state index in [1.54, 1.807) is 0 Å². The molecule has 0 aromatic carbocycles. The van der Waals surface area contributed by atoms with Crippen molar-refractivity contribution in [2.24, 2.45) is 18.7 Å². The Kier molecular flexibility index (Phi) is 5.22. The molecular formula is C16H30N4. The SMILES string of the molecule is CCCC1CCC(CN)(N(C)Cc2nccn2C)CC1. The van der Waals surface area contributed by atoms with E-state index in [2.05, 4.69) is 35.5 Å². The van der Waals surface area contributed by atoms with Gasteiger partial charge in [0.25, 0.3) is 0 Å². The smallest absolute Gasteiger partial charge is 0.122 e. The van der Waals surface area contributed by atoms with Crippen LogP contribution in [0.4, 0.5) is 0 Å². The quantitative estimate of drug-likeness (QED) is 0.870. The molecule has 2 rings (SSSR count). The maximum Gasteiger partial charge on any atom is 0.122 e. The molecule has 1 saturated carbocycles. The molecule has 20 heavy (non-hydrogen) atoms. The molecule has 2 N–H and O–H groups in total. The zero-order valence-electron chi connectivity index (χ0n) is 13.3. The first kappa shape index (κ1) is 15.5. The zero-order chi connectivity index (χ0) is 14.6. The minimum absolute atomic E-state index is 0.177. The van der Waals surface area contributed by atoms with Crippen molar-refractivity contribution in [3.63, 3.8) is 0 Å². The fraction of sp³-hybridized carbons (Fsp3) is 0.812. The highest BCUT2D eigenvalue weighted by molar-refractivity contribution is 4.98. The second kappa shape index (κ2) is 6.72. The first-order valence-electron chi connectivity index (χ1n) is 7.99. The Hall–Kier alpha value is -0.870. The van der Waals surface area contributed by atoms with Crippen LogP contribution in [0.15, 0.2) is 12.4 Å². The molecule has 1 aliphatic carbocycles. The summed E-state index contributed by atoms with van der Waals surface area (Å²) in [5.41, 5.74) is 6.33. The van der Waals surface area contributed by atoms with Crippen LogP contribution in [-0.4, -0.2) is 33.6 Å². The summed E-state index contributed by atoms with van der Waals surface area (Å²) in [7, 11) is 4.27. The lowest BCUT2D eigenvalue weighted by Crippen LogP contribution is -2.53. The standard InChI is InChI=1S/C16H30N4/c1-4-5-14-6-8-16(13-17,9-7-14)20(3)12-15-18-10-11-19(15)2/h10-11,14H,4-9,12-13,17H2,1-3H3. The van der Waals surface area contributed by atoms with E-state index >= 15 is 0 Å². The van der Waals surface area contributed by atoms with E-state index in [0.29, 0.717) is 0 Å². The fourth-order valence-corrected chi connectivity index (χ4v) is 3.58. The van der Waals surface area contributed by atoms with E-state index in [-0.39, 0.29) is 5.54 Å². The van der Waals surface area contributed by atoms with Gasteiger partial charge < -0.3 is 10.3 Å². The molecule has 1 aliphatic rings. The molecule has 0 amide bonds. The van der Waals surface area contributed by atoms with Crippen LogP contribution in [0.3, 0.4) is 0 Å². The van der Waals surface area contributed by atoms with Gasteiger partial charge in [-0.25, -0.2) is 4.98 Å². The Labute approximate surface area is 123 Å². The van der Waals surface area contributed by atoms with Gasteiger partial charge in [-0.05, 0) is 38.6 Å². The van der Waals surface area contributed by atoms with Crippen LogP contribution in [0.25, 0.3) is 0 Å². The van der Waals surface area contributed by atoms with Crippen molar-refractivity contribution < 1.29 is 0 Å². The summed E-state index contributed by atoms with van der Waals surface area (Å²) in [6.07, 6.45) is 11.7. The van der Waals surface area contributed by atoms with Crippen molar-refractivity contribution in [1.29, 1.82) is 0 Å². The monoisotopic (exact) mass is 278 g/mol. The number of hydrogen-bond donors (Lipinski definition) is 1. The third-order valence-electron chi connectivity index (χ3n) is 5.22. The van der Waals surface area contributed by atoms with Gasteiger partial charge in [0, 0.05) is 31.5 Å². The zero-order valence-corrected chi connectivity index (χ0v) is 13.3. The average molecular weight is 278 g/mol. The second-order valence-electron chi connectivity index (χ2n) is 6.47. The Morgan fingerprint density at radius 2 is 2.15 bits per heavy atom. The van der Waals surface area contributed by atoms with Crippen molar-refractivity contribution >= 4 is 0 Å². The summed E-state index contributed by atoms with van der Waals surface area (Å²) >= 11 is 0. The van der Waals surface area contributed by atoms with Crippen molar-refractivity contribution in [2.45, 2.75) is 57.5 Å². The molecule has 0 bridgehead atoms. The molecule has 0 unspecified atom stereocenters. The molecule has 0 atom stereocenters. The molecule has 114 valence electrons. The minimum atomic E-state index is 0.177. The molecular weight excluding hydrogens is 248 g/mol. The van der Waals surface area contributed by atoms with Gasteiger partial charge in [0.15, 0.2) is 0 Å². The van der Waals surface area contributed by atoms with Crippen molar-refractivity contribution in [1.82, 2.24) is 14.5 Å². The van der Waals surface area contributed by atoms with Crippen LogP contribution in [-0.2, 0) is 13.6 Å².